The number of ketones is 1. The number of aryl methyl sites for hydroxylation is 1. The first-order valence-corrected chi connectivity index (χ1v) is 14.4. The number of nitrogens with zero attached hydrogens (tertiary/aromatic N) is 1. The van der Waals surface area contributed by atoms with Gasteiger partial charge in [-0.3, -0.25) is 4.79 Å². The zero-order valence-corrected chi connectivity index (χ0v) is 22.5. The van der Waals surface area contributed by atoms with Crippen molar-refractivity contribution in [2.75, 3.05) is 20.1 Å². The Bertz CT molecular complexity index is 961. The largest absolute Gasteiger partial charge is 0.508 e. The fraction of sp³-hybridized carbons (Fsp3) is 0.774. The first-order chi connectivity index (χ1) is 16.6. The van der Waals surface area contributed by atoms with E-state index in [0.717, 1.165) is 25.7 Å². The molecule has 5 rings (SSSR count). The molecule has 0 aliphatic heterocycles. The summed E-state index contributed by atoms with van der Waals surface area (Å²) in [6, 6.07) is 6.08. The van der Waals surface area contributed by atoms with E-state index in [-0.39, 0.29) is 16.6 Å². The number of unbranched alkanes of at least 4 members (excludes halogenated alkanes) is 2. The monoisotopic (exact) mass is 481 g/mol. The number of phenols is 1. The van der Waals surface area contributed by atoms with Gasteiger partial charge in [0.05, 0.1) is 5.60 Å². The average molecular weight is 482 g/mol. The molecule has 1 aromatic carbocycles. The molecule has 0 saturated heterocycles. The Kier molecular flexibility index (Phi) is 6.62. The lowest BCUT2D eigenvalue weighted by atomic mass is 9.49. The van der Waals surface area contributed by atoms with Crippen LogP contribution >= 0.6 is 0 Å². The third-order valence-electron chi connectivity index (χ3n) is 11.1. The zero-order chi connectivity index (χ0) is 25.0. The van der Waals surface area contributed by atoms with Crippen LogP contribution in [0.15, 0.2) is 18.2 Å². The van der Waals surface area contributed by atoms with Gasteiger partial charge in [-0.25, -0.2) is 0 Å². The molecule has 0 spiro atoms. The third kappa shape index (κ3) is 3.98. The van der Waals surface area contributed by atoms with Gasteiger partial charge in [-0.2, -0.15) is 0 Å². The molecule has 4 aliphatic rings. The van der Waals surface area contributed by atoms with Gasteiger partial charge in [0, 0.05) is 23.7 Å². The second-order valence-corrected chi connectivity index (χ2v) is 13.3. The summed E-state index contributed by atoms with van der Waals surface area (Å²) in [4.78, 5) is 15.0. The van der Waals surface area contributed by atoms with Gasteiger partial charge in [-0.05, 0) is 112 Å². The molecule has 7 atom stereocenters. The van der Waals surface area contributed by atoms with Gasteiger partial charge >= 0.3 is 0 Å². The second-order valence-electron chi connectivity index (χ2n) is 13.3. The minimum absolute atomic E-state index is 0.185. The average Bonchev–Trinajstić information content (AvgIpc) is 3.12. The molecule has 4 heteroatoms. The summed E-state index contributed by atoms with van der Waals surface area (Å²) in [6.45, 7) is 9.13. The van der Waals surface area contributed by atoms with E-state index in [1.54, 1.807) is 0 Å². The normalized spacial score (nSPS) is 39.9. The first-order valence-electron chi connectivity index (χ1n) is 14.4. The first kappa shape index (κ1) is 25.3. The minimum atomic E-state index is -0.858. The lowest BCUT2D eigenvalue weighted by Crippen LogP contribution is -2.55. The summed E-state index contributed by atoms with van der Waals surface area (Å²) in [6.07, 6.45) is 11.2. The summed E-state index contributed by atoms with van der Waals surface area (Å²) < 4.78 is 0. The molecule has 1 aromatic rings. The second kappa shape index (κ2) is 9.17. The summed E-state index contributed by atoms with van der Waals surface area (Å²) in [5, 5.41) is 22.4. The zero-order valence-electron chi connectivity index (χ0n) is 22.5. The predicted molar refractivity (Wildman–Crippen MR) is 141 cm³/mol. The maximum atomic E-state index is 12.6. The molecule has 4 nitrogen and oxygen atoms in total. The lowest BCUT2D eigenvalue weighted by molar-refractivity contribution is -0.147. The van der Waals surface area contributed by atoms with Crippen LogP contribution in [0.1, 0.15) is 102 Å². The van der Waals surface area contributed by atoms with Gasteiger partial charge in [-0.1, -0.05) is 39.7 Å². The topological polar surface area (TPSA) is 60.8 Å². The number of rotatable bonds is 8. The van der Waals surface area contributed by atoms with Crippen molar-refractivity contribution in [1.29, 1.82) is 0 Å². The van der Waals surface area contributed by atoms with E-state index in [4.69, 9.17) is 0 Å². The lowest BCUT2D eigenvalue weighted by Gasteiger charge is -2.56. The molecule has 4 aliphatic carbocycles. The number of Topliss-reactive ketones (excluding diaryl/α,β-unsaturated/α-hetero) is 1. The molecular formula is C31H47NO3. The van der Waals surface area contributed by atoms with Crippen molar-refractivity contribution in [1.82, 2.24) is 4.90 Å². The maximum absolute atomic E-state index is 12.6. The number of phenolic OH excluding ortho intramolecular Hbond substituents is 1. The number of fused-ring (bicyclic) bond motifs is 7. The number of aromatic hydroxyl groups is 1. The van der Waals surface area contributed by atoms with Crippen molar-refractivity contribution < 1.29 is 15.0 Å². The smallest absolute Gasteiger partial charge is 0.136 e. The molecule has 0 bridgehead atoms. The van der Waals surface area contributed by atoms with Gasteiger partial charge in [0.1, 0.15) is 11.5 Å². The van der Waals surface area contributed by atoms with Crippen molar-refractivity contribution >= 4 is 5.78 Å². The number of hydrogen-bond donors (Lipinski definition) is 2. The third-order valence-corrected chi connectivity index (χ3v) is 11.1. The van der Waals surface area contributed by atoms with Crippen LogP contribution < -0.4 is 0 Å². The van der Waals surface area contributed by atoms with Crippen LogP contribution in [-0.4, -0.2) is 46.6 Å². The van der Waals surface area contributed by atoms with Gasteiger partial charge in [0.2, 0.25) is 0 Å². The highest BCUT2D eigenvalue weighted by Gasteiger charge is 2.73. The van der Waals surface area contributed by atoms with E-state index in [0.29, 0.717) is 42.3 Å². The van der Waals surface area contributed by atoms with Crippen LogP contribution in [-0.2, 0) is 11.2 Å². The molecule has 3 unspecified atom stereocenters. The minimum Gasteiger partial charge on any atom is -0.508 e. The van der Waals surface area contributed by atoms with Gasteiger partial charge in [0.15, 0.2) is 0 Å². The molecule has 3 saturated carbocycles. The molecule has 194 valence electrons. The number of carbonyl (C=O) groups excluding carboxylic acids is 1. The van der Waals surface area contributed by atoms with E-state index in [2.05, 4.69) is 38.8 Å². The highest BCUT2D eigenvalue weighted by molar-refractivity contribution is 5.84. The van der Waals surface area contributed by atoms with Crippen LogP contribution in [0.4, 0.5) is 0 Å². The van der Waals surface area contributed by atoms with Crippen LogP contribution in [0.2, 0.25) is 0 Å². The van der Waals surface area contributed by atoms with E-state index < -0.39 is 5.60 Å². The van der Waals surface area contributed by atoms with E-state index in [1.165, 1.54) is 56.3 Å². The van der Waals surface area contributed by atoms with Gasteiger partial charge in [0.25, 0.3) is 0 Å². The van der Waals surface area contributed by atoms with Crippen molar-refractivity contribution in [3.8, 4) is 5.75 Å². The number of benzene rings is 1. The summed E-state index contributed by atoms with van der Waals surface area (Å²) in [5.41, 5.74) is 1.47. The van der Waals surface area contributed by atoms with E-state index >= 15 is 0 Å². The SMILES string of the molecule is CCCN(C)CCCCC[C@H]1C[C@@]2(C)C(C[C@@]3(C)CC(=O)C[C@]32O)C2CCc3cc(O)ccc3C21. The van der Waals surface area contributed by atoms with Crippen LogP contribution in [0.3, 0.4) is 0 Å². The van der Waals surface area contributed by atoms with Crippen LogP contribution in [0.5, 0.6) is 5.75 Å². The van der Waals surface area contributed by atoms with Crippen molar-refractivity contribution in [3.63, 3.8) is 0 Å². The molecular weight excluding hydrogens is 434 g/mol. The molecule has 2 N–H and O–H groups in total. The Morgan fingerprint density at radius 2 is 1.89 bits per heavy atom. The Morgan fingerprint density at radius 1 is 1.09 bits per heavy atom. The molecule has 0 amide bonds. The quantitative estimate of drug-likeness (QED) is 0.441. The van der Waals surface area contributed by atoms with Crippen molar-refractivity contribution in [2.45, 2.75) is 103 Å². The summed E-state index contributed by atoms with van der Waals surface area (Å²) >= 11 is 0. The Hall–Kier alpha value is -1.39. The summed E-state index contributed by atoms with van der Waals surface area (Å²) in [7, 11) is 2.23. The fourth-order valence-corrected chi connectivity index (χ4v) is 9.57. The van der Waals surface area contributed by atoms with Crippen molar-refractivity contribution in [2.24, 2.45) is 28.6 Å². The standard InChI is InChI=1S/C31H47NO3/c1-5-14-32(4)15-8-6-7-9-22-17-30(3)27(20-29(2)18-24(34)19-31(29,30)35)26-12-10-21-16-23(33)11-13-25(21)28(22)26/h11,13,16,22,26-28,33,35H,5-10,12,14-15,17-20H2,1-4H3/t22-,26?,27?,28?,29+,30-,31-/m0/s1. The Labute approximate surface area is 212 Å². The Morgan fingerprint density at radius 3 is 2.66 bits per heavy atom. The Balaban J connectivity index is 1.41. The van der Waals surface area contributed by atoms with Crippen molar-refractivity contribution in [3.05, 3.63) is 29.3 Å². The fourth-order valence-electron chi connectivity index (χ4n) is 9.57. The predicted octanol–water partition coefficient (Wildman–Crippen LogP) is 6.09. The molecule has 3 fully saturated rings. The molecule has 0 aromatic heterocycles. The van der Waals surface area contributed by atoms with Gasteiger partial charge < -0.3 is 15.1 Å². The molecule has 35 heavy (non-hydrogen) atoms. The summed E-state index contributed by atoms with van der Waals surface area (Å²) in [5.74, 6) is 2.71. The van der Waals surface area contributed by atoms with Crippen LogP contribution in [0, 0.1) is 28.6 Å². The number of carbonyl (C=O) groups is 1. The van der Waals surface area contributed by atoms with Gasteiger partial charge in [-0.15, -0.1) is 0 Å². The van der Waals surface area contributed by atoms with Crippen LogP contribution in [0.25, 0.3) is 0 Å². The maximum Gasteiger partial charge on any atom is 0.136 e. The number of hydrogen-bond acceptors (Lipinski definition) is 4. The number of aliphatic hydroxyl groups is 1. The highest BCUT2D eigenvalue weighted by Crippen LogP contribution is 2.74. The van der Waals surface area contributed by atoms with E-state index in [9.17, 15) is 15.0 Å². The van der Waals surface area contributed by atoms with E-state index in [1.807, 2.05) is 12.1 Å². The molecule has 0 heterocycles. The highest BCUT2D eigenvalue weighted by atomic mass is 16.3. The molecule has 0 radical (unpaired) electrons.